The third-order valence-electron chi connectivity index (χ3n) is 3.12. The van der Waals surface area contributed by atoms with Crippen molar-refractivity contribution in [2.75, 3.05) is 20.1 Å². The van der Waals surface area contributed by atoms with E-state index in [0.717, 1.165) is 13.1 Å². The molecular formula is C11H18N2O2. The second kappa shape index (κ2) is 4.19. The summed E-state index contributed by atoms with van der Waals surface area (Å²) >= 11 is 0. The van der Waals surface area contributed by atoms with Crippen molar-refractivity contribution in [2.45, 2.75) is 26.4 Å². The van der Waals surface area contributed by atoms with Gasteiger partial charge in [-0.05, 0) is 7.05 Å². The molecule has 1 saturated heterocycles. The summed E-state index contributed by atoms with van der Waals surface area (Å²) in [4.78, 5) is 13.2. The minimum Gasteiger partial charge on any atom is -0.443 e. The van der Waals surface area contributed by atoms with Crippen LogP contribution < -0.4 is 0 Å². The number of ether oxygens (including phenoxy) is 1. The molecule has 0 amide bonds. The molecule has 0 aliphatic carbocycles. The molecule has 1 aliphatic heterocycles. The van der Waals surface area contributed by atoms with E-state index in [-0.39, 0.29) is 17.8 Å². The maximum absolute atomic E-state index is 11.1. The predicted molar refractivity (Wildman–Crippen MR) is 55.9 cm³/mol. The highest BCUT2D eigenvalue weighted by molar-refractivity contribution is 5.67. The summed E-state index contributed by atoms with van der Waals surface area (Å²) < 4.78 is 5.27. The molecule has 0 aromatic carbocycles. The van der Waals surface area contributed by atoms with Gasteiger partial charge in [0.2, 0.25) is 5.60 Å². The van der Waals surface area contributed by atoms with Gasteiger partial charge in [-0.15, -0.1) is 0 Å². The minimum absolute atomic E-state index is 0.0418. The topological polar surface area (TPSA) is 53.3 Å². The smallest absolute Gasteiger partial charge is 0.304 e. The molecule has 84 valence electrons. The Balaban J connectivity index is 2.95. The van der Waals surface area contributed by atoms with E-state index in [9.17, 15) is 10.1 Å². The zero-order valence-electron chi connectivity index (χ0n) is 9.78. The number of esters is 1. The highest BCUT2D eigenvalue weighted by Crippen LogP contribution is 2.35. The fraction of sp³-hybridized carbons (Fsp3) is 0.818. The minimum atomic E-state index is -0.946. The average Bonchev–Trinajstić information content (AvgIpc) is 2.11. The number of hydrogen-bond acceptors (Lipinski definition) is 4. The zero-order chi connectivity index (χ0) is 11.6. The van der Waals surface area contributed by atoms with Gasteiger partial charge in [0.15, 0.2) is 0 Å². The fourth-order valence-corrected chi connectivity index (χ4v) is 2.45. The summed E-state index contributed by atoms with van der Waals surface area (Å²) in [6.45, 7) is 6.84. The number of carbonyl (C=O) groups excluding carboxylic acids is 1. The lowest BCUT2D eigenvalue weighted by atomic mass is 9.76. The van der Waals surface area contributed by atoms with Gasteiger partial charge in [0, 0.05) is 31.8 Å². The molecule has 15 heavy (non-hydrogen) atoms. The van der Waals surface area contributed by atoms with Crippen LogP contribution in [0.3, 0.4) is 0 Å². The normalized spacial score (nSPS) is 30.6. The van der Waals surface area contributed by atoms with Crippen molar-refractivity contribution in [3.63, 3.8) is 0 Å². The highest BCUT2D eigenvalue weighted by atomic mass is 16.6. The molecule has 1 fully saturated rings. The van der Waals surface area contributed by atoms with Crippen molar-refractivity contribution < 1.29 is 9.53 Å². The molecule has 1 heterocycles. The van der Waals surface area contributed by atoms with Crippen LogP contribution >= 0.6 is 0 Å². The number of nitriles is 1. The summed E-state index contributed by atoms with van der Waals surface area (Å²) in [7, 11) is 2.02. The van der Waals surface area contributed by atoms with Gasteiger partial charge in [-0.25, -0.2) is 0 Å². The van der Waals surface area contributed by atoms with Crippen LogP contribution in [-0.4, -0.2) is 36.6 Å². The molecule has 4 nitrogen and oxygen atoms in total. The Bertz CT molecular complexity index is 283. The maximum atomic E-state index is 11.1. The Kier molecular flexibility index (Phi) is 3.35. The van der Waals surface area contributed by atoms with Crippen LogP contribution in [0.2, 0.25) is 0 Å². The third-order valence-corrected chi connectivity index (χ3v) is 3.12. The van der Waals surface area contributed by atoms with Gasteiger partial charge in [0.25, 0.3) is 0 Å². The second-order valence-electron chi connectivity index (χ2n) is 4.52. The van der Waals surface area contributed by atoms with E-state index in [1.165, 1.54) is 6.92 Å². The van der Waals surface area contributed by atoms with E-state index >= 15 is 0 Å². The molecule has 0 bridgehead atoms. The first-order valence-electron chi connectivity index (χ1n) is 5.21. The summed E-state index contributed by atoms with van der Waals surface area (Å²) in [5.41, 5.74) is -0.946. The number of rotatable bonds is 1. The van der Waals surface area contributed by atoms with Crippen molar-refractivity contribution >= 4 is 5.97 Å². The van der Waals surface area contributed by atoms with Crippen LogP contribution in [0.1, 0.15) is 20.8 Å². The molecule has 1 aliphatic rings. The lowest BCUT2D eigenvalue weighted by Gasteiger charge is -2.44. The van der Waals surface area contributed by atoms with Crippen LogP contribution in [0.15, 0.2) is 0 Å². The number of hydrogen-bond donors (Lipinski definition) is 0. The molecule has 0 unspecified atom stereocenters. The number of nitrogens with zero attached hydrogens (tertiary/aromatic N) is 2. The average molecular weight is 210 g/mol. The van der Waals surface area contributed by atoms with Crippen molar-refractivity contribution in [1.82, 2.24) is 4.90 Å². The molecule has 4 heteroatoms. The van der Waals surface area contributed by atoms with Crippen molar-refractivity contribution in [1.29, 1.82) is 5.26 Å². The molecule has 0 N–H and O–H groups in total. The first-order valence-corrected chi connectivity index (χ1v) is 5.21. The van der Waals surface area contributed by atoms with Gasteiger partial charge >= 0.3 is 5.97 Å². The zero-order valence-corrected chi connectivity index (χ0v) is 9.78. The standard InChI is InChI=1S/C11H18N2O2/c1-8-5-13(4)6-9(2)11(8,7-12)15-10(3)14/h8-9H,5-6H2,1-4H3/t8-,9-/m1/s1. The van der Waals surface area contributed by atoms with Gasteiger partial charge in [-0.3, -0.25) is 4.79 Å². The van der Waals surface area contributed by atoms with Gasteiger partial charge in [-0.1, -0.05) is 13.8 Å². The molecule has 0 aromatic heterocycles. The highest BCUT2D eigenvalue weighted by Gasteiger charge is 2.48. The van der Waals surface area contributed by atoms with Crippen LogP contribution in [-0.2, 0) is 9.53 Å². The van der Waals surface area contributed by atoms with E-state index in [1.807, 2.05) is 20.9 Å². The fourth-order valence-electron chi connectivity index (χ4n) is 2.45. The maximum Gasteiger partial charge on any atom is 0.304 e. The molecule has 1 rings (SSSR count). The van der Waals surface area contributed by atoms with Crippen LogP contribution in [0, 0.1) is 23.2 Å². The summed E-state index contributed by atoms with van der Waals surface area (Å²) in [5, 5.41) is 9.27. The van der Waals surface area contributed by atoms with Gasteiger partial charge in [-0.2, -0.15) is 5.26 Å². The Hall–Kier alpha value is -1.08. The molecule has 0 spiro atoms. The quantitative estimate of drug-likeness (QED) is 0.606. The van der Waals surface area contributed by atoms with Crippen LogP contribution in [0.5, 0.6) is 0 Å². The number of carbonyl (C=O) groups is 1. The SMILES string of the molecule is CC(=O)OC1(C#N)[C@H](C)CN(C)C[C@H]1C. The molecule has 0 aromatic rings. The Morgan fingerprint density at radius 2 is 1.93 bits per heavy atom. The summed E-state index contributed by atoms with van der Waals surface area (Å²) in [6.07, 6.45) is 0. The second-order valence-corrected chi connectivity index (χ2v) is 4.52. The summed E-state index contributed by atoms with van der Waals surface area (Å²) in [6, 6.07) is 2.20. The van der Waals surface area contributed by atoms with E-state index in [1.54, 1.807) is 0 Å². The van der Waals surface area contributed by atoms with Crippen LogP contribution in [0.4, 0.5) is 0 Å². The first kappa shape index (κ1) is 12.0. The molecule has 2 atom stereocenters. The molecule has 0 saturated carbocycles. The van der Waals surface area contributed by atoms with E-state index in [0.29, 0.717) is 0 Å². The Morgan fingerprint density at radius 1 is 1.47 bits per heavy atom. The van der Waals surface area contributed by atoms with Gasteiger partial charge in [0.1, 0.15) is 6.07 Å². The van der Waals surface area contributed by atoms with Crippen molar-refractivity contribution in [3.05, 3.63) is 0 Å². The largest absolute Gasteiger partial charge is 0.443 e. The van der Waals surface area contributed by atoms with Gasteiger partial charge < -0.3 is 9.64 Å². The monoisotopic (exact) mass is 210 g/mol. The number of likely N-dealkylation sites (tertiary alicyclic amines) is 1. The van der Waals surface area contributed by atoms with E-state index in [4.69, 9.17) is 4.74 Å². The van der Waals surface area contributed by atoms with Crippen LogP contribution in [0.25, 0.3) is 0 Å². The van der Waals surface area contributed by atoms with E-state index in [2.05, 4.69) is 11.0 Å². The van der Waals surface area contributed by atoms with Gasteiger partial charge in [0.05, 0.1) is 0 Å². The number of piperidine rings is 1. The summed E-state index contributed by atoms with van der Waals surface area (Å²) in [5.74, 6) is -0.292. The lowest BCUT2D eigenvalue weighted by molar-refractivity contribution is -0.167. The van der Waals surface area contributed by atoms with Crippen molar-refractivity contribution in [3.8, 4) is 6.07 Å². The van der Waals surface area contributed by atoms with Crippen molar-refractivity contribution in [2.24, 2.45) is 11.8 Å². The third kappa shape index (κ3) is 2.13. The molecule has 0 radical (unpaired) electrons. The van der Waals surface area contributed by atoms with E-state index < -0.39 is 5.60 Å². The Morgan fingerprint density at radius 3 is 2.27 bits per heavy atom. The molecular weight excluding hydrogens is 192 g/mol. The predicted octanol–water partition coefficient (Wildman–Crippen LogP) is 1.03. The Labute approximate surface area is 90.8 Å². The first-order chi connectivity index (χ1) is 6.92. The lowest BCUT2D eigenvalue weighted by Crippen LogP contribution is -2.56.